The highest BCUT2D eigenvalue weighted by molar-refractivity contribution is 7.08. The van der Waals surface area contributed by atoms with E-state index in [1.165, 1.54) is 5.56 Å². The Morgan fingerprint density at radius 3 is 2.29 bits per heavy atom. The highest BCUT2D eigenvalue weighted by atomic mass is 32.1. The van der Waals surface area contributed by atoms with Crippen LogP contribution >= 0.6 is 11.3 Å². The third-order valence-corrected chi connectivity index (χ3v) is 3.65. The fourth-order valence-corrected chi connectivity index (χ4v) is 2.83. The monoisotopic (exact) mass is 247 g/mol. The van der Waals surface area contributed by atoms with Gasteiger partial charge in [0, 0.05) is 0 Å². The van der Waals surface area contributed by atoms with Crippen molar-refractivity contribution in [1.29, 1.82) is 0 Å². The van der Waals surface area contributed by atoms with Crippen molar-refractivity contribution in [1.82, 2.24) is 0 Å². The highest BCUT2D eigenvalue weighted by Gasteiger charge is 2.12. The molecule has 0 aliphatic heterocycles. The third kappa shape index (κ3) is 2.35. The first kappa shape index (κ1) is 12.1. The third-order valence-electron chi connectivity index (χ3n) is 2.95. The molecule has 1 unspecified atom stereocenters. The predicted molar refractivity (Wildman–Crippen MR) is 72.8 cm³/mol. The lowest BCUT2D eigenvalue weighted by Gasteiger charge is -2.15. The van der Waals surface area contributed by atoms with Gasteiger partial charge in [-0.15, -0.1) is 0 Å². The van der Waals surface area contributed by atoms with Gasteiger partial charge in [0.1, 0.15) is 5.75 Å². The van der Waals surface area contributed by atoms with E-state index >= 15 is 0 Å². The molecule has 90 valence electrons. The first-order chi connectivity index (χ1) is 8.13. The number of hydrogen-bond donors (Lipinski definition) is 1. The van der Waals surface area contributed by atoms with Crippen molar-refractivity contribution in [2.45, 2.75) is 19.9 Å². The Morgan fingerprint density at radius 1 is 1.18 bits per heavy atom. The van der Waals surface area contributed by atoms with Crippen LogP contribution in [0.15, 0.2) is 29.0 Å². The van der Waals surface area contributed by atoms with Crippen LogP contribution in [0, 0.1) is 13.8 Å². The molecule has 2 nitrogen and oxygen atoms in total. The molecular weight excluding hydrogens is 230 g/mol. The van der Waals surface area contributed by atoms with Gasteiger partial charge in [-0.3, -0.25) is 0 Å². The van der Waals surface area contributed by atoms with E-state index in [0.29, 0.717) is 0 Å². The lowest BCUT2D eigenvalue weighted by atomic mass is 9.97. The number of thiophene rings is 1. The molecular formula is C14H17NOS. The first-order valence-electron chi connectivity index (χ1n) is 5.56. The molecule has 2 N–H and O–H groups in total. The lowest BCUT2D eigenvalue weighted by Crippen LogP contribution is -2.11. The Labute approximate surface area is 106 Å². The van der Waals surface area contributed by atoms with Crippen molar-refractivity contribution in [2.75, 3.05) is 7.11 Å². The normalized spacial score (nSPS) is 12.5. The summed E-state index contributed by atoms with van der Waals surface area (Å²) in [5.41, 5.74) is 10.8. The second-order valence-corrected chi connectivity index (χ2v) is 5.00. The molecule has 3 heteroatoms. The maximum absolute atomic E-state index is 6.26. The van der Waals surface area contributed by atoms with Crippen molar-refractivity contribution in [3.05, 3.63) is 51.2 Å². The molecule has 2 aromatic rings. The standard InChI is InChI=1S/C14H17NOS/c1-9-6-12(7-10(2)14(9)16-3)13(15)11-4-5-17-8-11/h4-8,13H,15H2,1-3H3. The van der Waals surface area contributed by atoms with E-state index in [0.717, 1.165) is 22.4 Å². The Balaban J connectivity index is 2.40. The molecule has 0 aliphatic rings. The summed E-state index contributed by atoms with van der Waals surface area (Å²) in [6, 6.07) is 6.23. The van der Waals surface area contributed by atoms with Crippen LogP contribution in [0.4, 0.5) is 0 Å². The molecule has 1 heterocycles. The number of methoxy groups -OCH3 is 1. The highest BCUT2D eigenvalue weighted by Crippen LogP contribution is 2.29. The zero-order valence-electron chi connectivity index (χ0n) is 10.4. The van der Waals surface area contributed by atoms with Crippen LogP contribution in [-0.2, 0) is 0 Å². The molecule has 0 bridgehead atoms. The molecule has 1 aromatic carbocycles. The Kier molecular flexibility index (Phi) is 3.50. The fourth-order valence-electron chi connectivity index (χ4n) is 2.13. The molecule has 0 spiro atoms. The van der Waals surface area contributed by atoms with E-state index in [9.17, 15) is 0 Å². The lowest BCUT2D eigenvalue weighted by molar-refractivity contribution is 0.408. The number of benzene rings is 1. The van der Waals surface area contributed by atoms with Crippen LogP contribution in [0.25, 0.3) is 0 Å². The van der Waals surface area contributed by atoms with Gasteiger partial charge in [0.05, 0.1) is 13.2 Å². The topological polar surface area (TPSA) is 35.2 Å². The van der Waals surface area contributed by atoms with E-state index in [1.807, 2.05) is 0 Å². The van der Waals surface area contributed by atoms with Crippen LogP contribution in [0.2, 0.25) is 0 Å². The van der Waals surface area contributed by atoms with Crippen LogP contribution in [0.5, 0.6) is 5.75 Å². The summed E-state index contributed by atoms with van der Waals surface area (Å²) in [6.45, 7) is 4.10. The van der Waals surface area contributed by atoms with E-state index in [1.54, 1.807) is 18.4 Å². The Morgan fingerprint density at radius 2 is 1.82 bits per heavy atom. The molecule has 0 radical (unpaired) electrons. The van der Waals surface area contributed by atoms with Gasteiger partial charge in [0.25, 0.3) is 0 Å². The van der Waals surface area contributed by atoms with Crippen molar-refractivity contribution >= 4 is 11.3 Å². The SMILES string of the molecule is COc1c(C)cc(C(N)c2ccsc2)cc1C. The minimum Gasteiger partial charge on any atom is -0.496 e. The molecule has 0 saturated carbocycles. The molecule has 1 atom stereocenters. The van der Waals surface area contributed by atoms with Gasteiger partial charge in [-0.2, -0.15) is 11.3 Å². The predicted octanol–water partition coefficient (Wildman–Crippen LogP) is 3.42. The van der Waals surface area contributed by atoms with Gasteiger partial charge in [-0.05, 0) is 52.9 Å². The number of hydrogen-bond acceptors (Lipinski definition) is 3. The maximum atomic E-state index is 6.26. The molecule has 0 amide bonds. The summed E-state index contributed by atoms with van der Waals surface area (Å²) in [5.74, 6) is 0.950. The summed E-state index contributed by atoms with van der Waals surface area (Å²) >= 11 is 1.67. The summed E-state index contributed by atoms with van der Waals surface area (Å²) in [7, 11) is 1.70. The van der Waals surface area contributed by atoms with E-state index in [4.69, 9.17) is 10.5 Å². The zero-order chi connectivity index (χ0) is 12.4. The van der Waals surface area contributed by atoms with Gasteiger partial charge < -0.3 is 10.5 Å². The van der Waals surface area contributed by atoms with Gasteiger partial charge in [0.15, 0.2) is 0 Å². The van der Waals surface area contributed by atoms with E-state index < -0.39 is 0 Å². The summed E-state index contributed by atoms with van der Waals surface area (Å²) in [6.07, 6.45) is 0. The Bertz CT molecular complexity index is 482. The van der Waals surface area contributed by atoms with Crippen molar-refractivity contribution in [2.24, 2.45) is 5.73 Å². The molecule has 0 fully saturated rings. The fraction of sp³-hybridized carbons (Fsp3) is 0.286. The largest absolute Gasteiger partial charge is 0.496 e. The maximum Gasteiger partial charge on any atom is 0.124 e. The zero-order valence-corrected chi connectivity index (χ0v) is 11.2. The van der Waals surface area contributed by atoms with Crippen molar-refractivity contribution < 1.29 is 4.74 Å². The second-order valence-electron chi connectivity index (χ2n) is 4.22. The minimum absolute atomic E-state index is 0.0513. The van der Waals surface area contributed by atoms with Gasteiger partial charge in [-0.1, -0.05) is 12.1 Å². The Hall–Kier alpha value is -1.32. The van der Waals surface area contributed by atoms with Crippen LogP contribution in [0.3, 0.4) is 0 Å². The van der Waals surface area contributed by atoms with Gasteiger partial charge in [0.2, 0.25) is 0 Å². The van der Waals surface area contributed by atoms with Gasteiger partial charge in [-0.25, -0.2) is 0 Å². The summed E-state index contributed by atoms with van der Waals surface area (Å²) in [4.78, 5) is 0. The molecule has 0 aliphatic carbocycles. The van der Waals surface area contributed by atoms with E-state index in [-0.39, 0.29) is 6.04 Å². The number of ether oxygens (including phenoxy) is 1. The number of aryl methyl sites for hydroxylation is 2. The van der Waals surface area contributed by atoms with Crippen molar-refractivity contribution in [3.63, 3.8) is 0 Å². The molecule has 17 heavy (non-hydrogen) atoms. The van der Waals surface area contributed by atoms with Crippen LogP contribution in [-0.4, -0.2) is 7.11 Å². The quantitative estimate of drug-likeness (QED) is 0.902. The summed E-state index contributed by atoms with van der Waals surface area (Å²) < 4.78 is 5.36. The molecule has 0 saturated heterocycles. The average Bonchev–Trinajstić information content (AvgIpc) is 2.81. The average molecular weight is 247 g/mol. The second kappa shape index (κ2) is 4.90. The molecule has 2 rings (SSSR count). The minimum atomic E-state index is -0.0513. The number of nitrogens with two attached hydrogens (primary N) is 1. The van der Waals surface area contributed by atoms with Crippen LogP contribution in [0.1, 0.15) is 28.3 Å². The number of rotatable bonds is 3. The van der Waals surface area contributed by atoms with E-state index in [2.05, 4.69) is 42.8 Å². The molecule has 1 aromatic heterocycles. The van der Waals surface area contributed by atoms with Gasteiger partial charge >= 0.3 is 0 Å². The smallest absolute Gasteiger partial charge is 0.124 e. The van der Waals surface area contributed by atoms with Crippen LogP contribution < -0.4 is 10.5 Å². The van der Waals surface area contributed by atoms with Crippen molar-refractivity contribution in [3.8, 4) is 5.75 Å². The summed E-state index contributed by atoms with van der Waals surface area (Å²) in [5, 5.41) is 4.15. The first-order valence-corrected chi connectivity index (χ1v) is 6.50.